The van der Waals surface area contributed by atoms with Crippen LogP contribution in [-0.2, 0) is 19.1 Å². The maximum Gasteiger partial charge on any atom is 0.491 e. The summed E-state index contributed by atoms with van der Waals surface area (Å²) >= 11 is 0. The quantitative estimate of drug-likeness (QED) is 0.351. The highest BCUT2D eigenvalue weighted by atomic mass is 19.4. The third-order valence-electron chi connectivity index (χ3n) is 5.29. The zero-order chi connectivity index (χ0) is 24.0. The van der Waals surface area contributed by atoms with Crippen LogP contribution in [0.2, 0.25) is 0 Å². The maximum absolute atomic E-state index is 12.4. The Morgan fingerprint density at radius 2 is 1.55 bits per heavy atom. The molecule has 7 nitrogen and oxygen atoms in total. The number of carbonyl (C=O) groups excluding carboxylic acids is 3. The number of halogens is 3. The van der Waals surface area contributed by atoms with Crippen molar-refractivity contribution in [3.05, 3.63) is 59.7 Å². The molecule has 0 unspecified atom stereocenters. The Balaban J connectivity index is 1.65. The minimum absolute atomic E-state index is 0.0497. The van der Waals surface area contributed by atoms with Crippen molar-refractivity contribution in [2.45, 2.75) is 37.4 Å². The normalized spacial score (nSPS) is 13.6. The van der Waals surface area contributed by atoms with Crippen molar-refractivity contribution >= 4 is 18.0 Å². The van der Waals surface area contributed by atoms with Crippen LogP contribution in [0.15, 0.2) is 48.5 Å². The molecule has 0 spiro atoms. The number of hydrogen-bond donors (Lipinski definition) is 2. The van der Waals surface area contributed by atoms with Crippen molar-refractivity contribution in [2.24, 2.45) is 5.73 Å². The SMILES string of the molecule is NCCCC[C@H](NC(=O)OCC1c2ccccc2-c2ccccc21)C(=O)OC(=O)C(F)(F)F. The third kappa shape index (κ3) is 5.89. The summed E-state index contributed by atoms with van der Waals surface area (Å²) in [4.78, 5) is 35.5. The van der Waals surface area contributed by atoms with Crippen LogP contribution in [0.3, 0.4) is 0 Å². The van der Waals surface area contributed by atoms with E-state index in [-0.39, 0.29) is 25.5 Å². The second-order valence-corrected chi connectivity index (χ2v) is 7.51. The largest absolute Gasteiger partial charge is 0.491 e. The van der Waals surface area contributed by atoms with Gasteiger partial charge < -0.3 is 20.5 Å². The van der Waals surface area contributed by atoms with Gasteiger partial charge in [-0.2, -0.15) is 13.2 Å². The summed E-state index contributed by atoms with van der Waals surface area (Å²) in [7, 11) is 0. The lowest BCUT2D eigenvalue weighted by Crippen LogP contribution is -2.44. The Morgan fingerprint density at radius 1 is 0.970 bits per heavy atom. The first-order valence-corrected chi connectivity index (χ1v) is 10.4. The summed E-state index contributed by atoms with van der Waals surface area (Å²) in [6, 6.07) is 13.9. The number of nitrogens with two attached hydrogens (primary N) is 1. The number of rotatable bonds is 8. The highest BCUT2D eigenvalue weighted by Gasteiger charge is 2.43. The number of nitrogens with one attached hydrogen (secondary N) is 1. The molecule has 3 N–H and O–H groups in total. The number of hydrogen-bond acceptors (Lipinski definition) is 6. The van der Waals surface area contributed by atoms with Crippen LogP contribution in [0.1, 0.15) is 36.3 Å². The molecule has 0 aromatic heterocycles. The van der Waals surface area contributed by atoms with Crippen molar-refractivity contribution in [1.82, 2.24) is 5.32 Å². The second kappa shape index (κ2) is 10.5. The van der Waals surface area contributed by atoms with E-state index in [0.717, 1.165) is 22.3 Å². The van der Waals surface area contributed by atoms with Crippen LogP contribution in [-0.4, -0.2) is 43.4 Å². The molecule has 10 heteroatoms. The summed E-state index contributed by atoms with van der Waals surface area (Å²) in [6.45, 7) is 0.236. The van der Waals surface area contributed by atoms with Gasteiger partial charge in [-0.15, -0.1) is 0 Å². The molecular formula is C23H23F3N2O5. The van der Waals surface area contributed by atoms with Gasteiger partial charge in [0, 0.05) is 5.92 Å². The maximum atomic E-state index is 12.4. The zero-order valence-corrected chi connectivity index (χ0v) is 17.6. The lowest BCUT2D eigenvalue weighted by atomic mass is 9.98. The fourth-order valence-corrected chi connectivity index (χ4v) is 3.74. The van der Waals surface area contributed by atoms with E-state index in [1.807, 2.05) is 48.5 Å². The van der Waals surface area contributed by atoms with E-state index in [1.54, 1.807) is 0 Å². The van der Waals surface area contributed by atoms with Gasteiger partial charge in [0.1, 0.15) is 12.6 Å². The molecule has 1 aliphatic rings. The number of benzene rings is 2. The first-order chi connectivity index (χ1) is 15.7. The van der Waals surface area contributed by atoms with Gasteiger partial charge in [0.15, 0.2) is 0 Å². The number of esters is 2. The molecule has 0 bridgehead atoms. The number of alkyl halides is 3. The van der Waals surface area contributed by atoms with E-state index in [4.69, 9.17) is 10.5 Å². The molecule has 3 rings (SSSR count). The first-order valence-electron chi connectivity index (χ1n) is 10.4. The fourth-order valence-electron chi connectivity index (χ4n) is 3.74. The van der Waals surface area contributed by atoms with Gasteiger partial charge in [-0.3, -0.25) is 0 Å². The van der Waals surface area contributed by atoms with Crippen molar-refractivity contribution in [1.29, 1.82) is 0 Å². The Kier molecular flexibility index (Phi) is 7.70. The number of carbonyl (C=O) groups is 3. The Morgan fingerprint density at radius 3 is 2.09 bits per heavy atom. The van der Waals surface area contributed by atoms with Crippen LogP contribution < -0.4 is 11.1 Å². The van der Waals surface area contributed by atoms with Crippen LogP contribution in [0.5, 0.6) is 0 Å². The second-order valence-electron chi connectivity index (χ2n) is 7.51. The van der Waals surface area contributed by atoms with Gasteiger partial charge in [-0.1, -0.05) is 48.5 Å². The van der Waals surface area contributed by atoms with Crippen molar-refractivity contribution in [2.75, 3.05) is 13.2 Å². The number of alkyl carbamates (subject to hydrolysis) is 1. The van der Waals surface area contributed by atoms with Crippen LogP contribution in [0.25, 0.3) is 11.1 Å². The number of ether oxygens (including phenoxy) is 2. The number of unbranched alkanes of at least 4 members (excludes halogenated alkanes) is 1. The van der Waals surface area contributed by atoms with Gasteiger partial charge >= 0.3 is 24.2 Å². The molecular weight excluding hydrogens is 441 g/mol. The smallest absolute Gasteiger partial charge is 0.449 e. The molecule has 0 aliphatic heterocycles. The molecule has 2 aromatic rings. The fraction of sp³-hybridized carbons (Fsp3) is 0.348. The van der Waals surface area contributed by atoms with E-state index in [1.165, 1.54) is 0 Å². The van der Waals surface area contributed by atoms with Crippen molar-refractivity contribution in [3.8, 4) is 11.1 Å². The standard InChI is InChI=1S/C23H23F3N2O5/c24-23(25,26)21(30)33-20(29)19(11-5-6-12-27)28-22(31)32-13-18-16-9-3-1-7-14(16)15-8-2-4-10-17(15)18/h1-4,7-10,18-19H,5-6,11-13,27H2,(H,28,31)/t19-/m0/s1. The Hall–Kier alpha value is -3.40. The van der Waals surface area contributed by atoms with Crippen LogP contribution >= 0.6 is 0 Å². The lowest BCUT2D eigenvalue weighted by Gasteiger charge is -2.19. The summed E-state index contributed by atoms with van der Waals surface area (Å²) < 4.78 is 46.5. The van der Waals surface area contributed by atoms with E-state index in [2.05, 4.69) is 10.1 Å². The lowest BCUT2D eigenvalue weighted by molar-refractivity contribution is -0.202. The Labute approximate surface area is 188 Å². The van der Waals surface area contributed by atoms with Gasteiger partial charge in [0.05, 0.1) is 0 Å². The van der Waals surface area contributed by atoms with Crippen LogP contribution in [0.4, 0.5) is 18.0 Å². The third-order valence-corrected chi connectivity index (χ3v) is 5.29. The molecule has 0 saturated heterocycles. The monoisotopic (exact) mass is 464 g/mol. The summed E-state index contributed by atoms with van der Waals surface area (Å²) in [6.07, 6.45) is -5.62. The van der Waals surface area contributed by atoms with E-state index in [0.29, 0.717) is 12.8 Å². The molecule has 0 radical (unpaired) electrons. The van der Waals surface area contributed by atoms with Gasteiger partial charge in [0.25, 0.3) is 0 Å². The predicted octanol–water partition coefficient (Wildman–Crippen LogP) is 3.65. The average Bonchev–Trinajstić information content (AvgIpc) is 3.10. The van der Waals surface area contributed by atoms with Gasteiger partial charge in [-0.05, 0) is 48.1 Å². The molecule has 1 amide bonds. The minimum Gasteiger partial charge on any atom is -0.449 e. The molecule has 176 valence electrons. The van der Waals surface area contributed by atoms with Gasteiger partial charge in [-0.25, -0.2) is 14.4 Å². The molecule has 33 heavy (non-hydrogen) atoms. The van der Waals surface area contributed by atoms with Crippen LogP contribution in [0, 0.1) is 0 Å². The zero-order valence-electron chi connectivity index (χ0n) is 17.6. The summed E-state index contributed by atoms with van der Waals surface area (Å²) in [5, 5.41) is 2.21. The van der Waals surface area contributed by atoms with E-state index < -0.39 is 30.2 Å². The van der Waals surface area contributed by atoms with E-state index >= 15 is 0 Å². The highest BCUT2D eigenvalue weighted by Crippen LogP contribution is 2.44. The highest BCUT2D eigenvalue weighted by molar-refractivity contribution is 5.92. The topological polar surface area (TPSA) is 108 Å². The summed E-state index contributed by atoms with van der Waals surface area (Å²) in [5.41, 5.74) is 9.39. The van der Waals surface area contributed by atoms with E-state index in [9.17, 15) is 27.6 Å². The number of fused-ring (bicyclic) bond motifs is 3. The molecule has 0 fully saturated rings. The molecule has 1 aliphatic carbocycles. The van der Waals surface area contributed by atoms with Crippen molar-refractivity contribution in [3.63, 3.8) is 0 Å². The molecule has 2 aromatic carbocycles. The van der Waals surface area contributed by atoms with Gasteiger partial charge in [0.2, 0.25) is 0 Å². The number of amides is 1. The predicted molar refractivity (Wildman–Crippen MR) is 112 cm³/mol. The Bertz CT molecular complexity index is 980. The molecule has 0 heterocycles. The molecule has 1 atom stereocenters. The average molecular weight is 464 g/mol. The minimum atomic E-state index is -5.33. The van der Waals surface area contributed by atoms with Crippen molar-refractivity contribution < 1.29 is 37.0 Å². The molecule has 0 saturated carbocycles. The summed E-state index contributed by atoms with van der Waals surface area (Å²) in [5.74, 6) is -4.40. The first kappa shape index (κ1) is 24.2.